The van der Waals surface area contributed by atoms with Crippen LogP contribution in [0.5, 0.6) is 0 Å². The Morgan fingerprint density at radius 1 is 1.17 bits per heavy atom. The van der Waals surface area contributed by atoms with Crippen molar-refractivity contribution in [1.29, 1.82) is 0 Å². The lowest BCUT2D eigenvalue weighted by molar-refractivity contribution is 0.100. The molecule has 0 spiro atoms. The lowest BCUT2D eigenvalue weighted by Gasteiger charge is -2.12. The first-order valence-corrected chi connectivity index (χ1v) is 8.55. The van der Waals surface area contributed by atoms with Crippen LogP contribution in [0.3, 0.4) is 0 Å². The van der Waals surface area contributed by atoms with Gasteiger partial charge in [-0.05, 0) is 41.6 Å². The van der Waals surface area contributed by atoms with Crippen LogP contribution < -0.4 is 5.73 Å². The second-order valence-electron chi connectivity index (χ2n) is 5.70. The fourth-order valence-electron chi connectivity index (χ4n) is 2.91. The van der Waals surface area contributed by atoms with E-state index < -0.39 is 5.91 Å². The summed E-state index contributed by atoms with van der Waals surface area (Å²) < 4.78 is 3.38. The summed E-state index contributed by atoms with van der Waals surface area (Å²) in [5, 5.41) is 1.14. The molecule has 3 aromatic rings. The highest BCUT2D eigenvalue weighted by atomic mass is 79.9. The molecule has 23 heavy (non-hydrogen) atoms. The van der Waals surface area contributed by atoms with Crippen molar-refractivity contribution in [1.82, 2.24) is 4.57 Å². The van der Waals surface area contributed by atoms with Crippen molar-refractivity contribution >= 4 is 32.7 Å². The molecule has 118 valence electrons. The molecule has 2 aromatic carbocycles. The van der Waals surface area contributed by atoms with Gasteiger partial charge in [0, 0.05) is 27.8 Å². The van der Waals surface area contributed by atoms with Crippen molar-refractivity contribution in [2.75, 3.05) is 0 Å². The van der Waals surface area contributed by atoms with Crippen molar-refractivity contribution in [3.05, 3.63) is 69.8 Å². The molecule has 0 unspecified atom stereocenters. The van der Waals surface area contributed by atoms with Gasteiger partial charge in [-0.2, -0.15) is 0 Å². The lowest BCUT2D eigenvalue weighted by atomic mass is 10.1. The van der Waals surface area contributed by atoms with Gasteiger partial charge in [0.2, 0.25) is 5.91 Å². The lowest BCUT2D eigenvalue weighted by Crippen LogP contribution is -2.11. The zero-order valence-electron chi connectivity index (χ0n) is 13.1. The number of hydrogen-bond acceptors (Lipinski definition) is 1. The number of carbonyl (C=O) groups is 1. The highest BCUT2D eigenvalue weighted by Gasteiger charge is 2.12. The summed E-state index contributed by atoms with van der Waals surface area (Å²) in [6.07, 6.45) is 2.08. The van der Waals surface area contributed by atoms with Gasteiger partial charge in [-0.1, -0.05) is 53.5 Å². The fourth-order valence-corrected chi connectivity index (χ4v) is 3.32. The maximum atomic E-state index is 11.5. The van der Waals surface area contributed by atoms with Crippen LogP contribution in [0.15, 0.2) is 53.0 Å². The van der Waals surface area contributed by atoms with Crippen LogP contribution in [-0.4, -0.2) is 10.5 Å². The zero-order chi connectivity index (χ0) is 16.4. The molecule has 3 nitrogen and oxygen atoms in total. The quantitative estimate of drug-likeness (QED) is 0.705. The summed E-state index contributed by atoms with van der Waals surface area (Å²) in [4.78, 5) is 11.5. The molecule has 1 aromatic heterocycles. The predicted molar refractivity (Wildman–Crippen MR) is 97.7 cm³/mol. The highest BCUT2D eigenvalue weighted by Crippen LogP contribution is 2.26. The van der Waals surface area contributed by atoms with Crippen LogP contribution in [-0.2, 0) is 13.0 Å². The summed E-state index contributed by atoms with van der Waals surface area (Å²) in [7, 11) is 0. The summed E-state index contributed by atoms with van der Waals surface area (Å²) >= 11 is 3.62. The van der Waals surface area contributed by atoms with E-state index in [0.717, 1.165) is 34.8 Å². The molecule has 0 bridgehead atoms. The smallest absolute Gasteiger partial charge is 0.248 e. The van der Waals surface area contributed by atoms with E-state index >= 15 is 0 Å². The number of hydrogen-bond donors (Lipinski definition) is 1. The van der Waals surface area contributed by atoms with Gasteiger partial charge in [-0.15, -0.1) is 0 Å². The fraction of sp³-hybridized carbons (Fsp3) is 0.211. The topological polar surface area (TPSA) is 48.0 Å². The van der Waals surface area contributed by atoms with Crippen molar-refractivity contribution in [3.8, 4) is 0 Å². The molecule has 0 atom stereocenters. The number of benzene rings is 2. The van der Waals surface area contributed by atoms with Crippen molar-refractivity contribution in [3.63, 3.8) is 0 Å². The number of nitrogens with zero attached hydrogens (tertiary/aromatic N) is 1. The maximum Gasteiger partial charge on any atom is 0.248 e. The minimum Gasteiger partial charge on any atom is -0.366 e. The van der Waals surface area contributed by atoms with Crippen LogP contribution in [0.2, 0.25) is 0 Å². The molecule has 4 heteroatoms. The van der Waals surface area contributed by atoms with Gasteiger partial charge < -0.3 is 10.3 Å². The second-order valence-corrected chi connectivity index (χ2v) is 6.56. The van der Waals surface area contributed by atoms with Crippen LogP contribution in [0.25, 0.3) is 10.9 Å². The molecular weight excluding hydrogens is 352 g/mol. The number of primary amides is 1. The number of aromatic nitrogens is 1. The predicted octanol–water partition coefficient (Wildman–Crippen LogP) is 4.50. The first kappa shape index (κ1) is 15.8. The molecule has 3 rings (SSSR count). The van der Waals surface area contributed by atoms with Gasteiger partial charge in [0.15, 0.2) is 0 Å². The third-order valence-corrected chi connectivity index (χ3v) is 4.84. The maximum absolute atomic E-state index is 11.5. The largest absolute Gasteiger partial charge is 0.366 e. The van der Waals surface area contributed by atoms with Crippen LogP contribution >= 0.6 is 15.9 Å². The molecule has 0 fully saturated rings. The molecule has 0 aliphatic heterocycles. The molecule has 0 aliphatic carbocycles. The SMILES string of the molecule is CCCc1cc2ccc(C(N)=O)cc2n1Cc1ccccc1Br. The normalized spacial score (nSPS) is 11.0. The zero-order valence-corrected chi connectivity index (χ0v) is 14.6. The van der Waals surface area contributed by atoms with Gasteiger partial charge in [0.25, 0.3) is 0 Å². The molecular formula is C19H19BrN2O. The third kappa shape index (κ3) is 3.17. The van der Waals surface area contributed by atoms with Crippen molar-refractivity contribution < 1.29 is 4.79 Å². The van der Waals surface area contributed by atoms with Crippen LogP contribution in [0.1, 0.15) is 35.0 Å². The van der Waals surface area contributed by atoms with Gasteiger partial charge in [-0.3, -0.25) is 4.79 Å². The Labute approximate surface area is 144 Å². The number of amides is 1. The number of carbonyl (C=O) groups excluding carboxylic acids is 1. The van der Waals surface area contributed by atoms with E-state index in [1.165, 1.54) is 11.3 Å². The average molecular weight is 371 g/mol. The Morgan fingerprint density at radius 3 is 2.65 bits per heavy atom. The molecule has 0 radical (unpaired) electrons. The van der Waals surface area contributed by atoms with Gasteiger partial charge in [-0.25, -0.2) is 0 Å². The van der Waals surface area contributed by atoms with E-state index in [4.69, 9.17) is 5.73 Å². The number of halogens is 1. The van der Waals surface area contributed by atoms with Gasteiger partial charge in [0.1, 0.15) is 0 Å². The number of aryl methyl sites for hydroxylation is 1. The van der Waals surface area contributed by atoms with E-state index in [0.29, 0.717) is 5.56 Å². The van der Waals surface area contributed by atoms with Crippen LogP contribution in [0, 0.1) is 0 Å². The first-order valence-electron chi connectivity index (χ1n) is 7.75. The number of rotatable bonds is 5. The average Bonchev–Trinajstić information content (AvgIpc) is 2.87. The molecule has 0 saturated carbocycles. The van der Waals surface area contributed by atoms with E-state index in [1.807, 2.05) is 24.3 Å². The minimum atomic E-state index is -0.391. The van der Waals surface area contributed by atoms with E-state index in [2.05, 4.69) is 45.6 Å². The summed E-state index contributed by atoms with van der Waals surface area (Å²) in [6, 6.07) is 16.1. The van der Waals surface area contributed by atoms with Crippen LogP contribution in [0.4, 0.5) is 0 Å². The molecule has 2 N–H and O–H groups in total. The van der Waals surface area contributed by atoms with E-state index in [1.54, 1.807) is 6.07 Å². The molecule has 1 heterocycles. The van der Waals surface area contributed by atoms with Gasteiger partial charge >= 0.3 is 0 Å². The summed E-state index contributed by atoms with van der Waals surface area (Å²) in [6.45, 7) is 2.94. The number of nitrogens with two attached hydrogens (primary N) is 1. The second kappa shape index (κ2) is 6.59. The van der Waals surface area contributed by atoms with Gasteiger partial charge in [0.05, 0.1) is 0 Å². The Bertz CT molecular complexity index is 867. The van der Waals surface area contributed by atoms with E-state index in [9.17, 15) is 4.79 Å². The Hall–Kier alpha value is -2.07. The third-order valence-electron chi connectivity index (χ3n) is 4.07. The standard InChI is InChI=1S/C19H19BrN2O/c1-2-5-16-10-13-8-9-14(19(21)23)11-18(13)22(16)12-15-6-3-4-7-17(15)20/h3-4,6-11H,2,5,12H2,1H3,(H2,21,23). The van der Waals surface area contributed by atoms with Crippen molar-refractivity contribution in [2.24, 2.45) is 5.73 Å². The molecule has 0 aliphatic rings. The first-order chi connectivity index (χ1) is 11.1. The Balaban J connectivity index is 2.15. The Morgan fingerprint density at radius 2 is 1.96 bits per heavy atom. The summed E-state index contributed by atoms with van der Waals surface area (Å²) in [5.74, 6) is -0.391. The molecule has 1 amide bonds. The highest BCUT2D eigenvalue weighted by molar-refractivity contribution is 9.10. The monoisotopic (exact) mass is 370 g/mol. The molecule has 0 saturated heterocycles. The summed E-state index contributed by atoms with van der Waals surface area (Å²) in [5.41, 5.74) is 9.54. The Kier molecular flexibility index (Phi) is 4.53. The number of fused-ring (bicyclic) bond motifs is 1. The van der Waals surface area contributed by atoms with Crippen molar-refractivity contribution in [2.45, 2.75) is 26.3 Å². The minimum absolute atomic E-state index is 0.391. The van der Waals surface area contributed by atoms with E-state index in [-0.39, 0.29) is 0 Å².